The van der Waals surface area contributed by atoms with Crippen LogP contribution in [0.15, 0.2) is 24.4 Å². The van der Waals surface area contributed by atoms with Crippen molar-refractivity contribution in [3.63, 3.8) is 0 Å². The maximum Gasteiger partial charge on any atom is 0.266 e. The topological polar surface area (TPSA) is 51.2 Å². The molecule has 0 saturated heterocycles. The molecule has 1 aromatic heterocycles. The van der Waals surface area contributed by atoms with E-state index >= 15 is 0 Å². The molecule has 1 aromatic carbocycles. The summed E-state index contributed by atoms with van der Waals surface area (Å²) >= 11 is 13.3. The molecule has 2 aromatic rings. The normalized spacial score (nSPS) is 12.0. The molecule has 4 nitrogen and oxygen atoms in total. The zero-order valence-corrected chi connectivity index (χ0v) is 13.1. The highest BCUT2D eigenvalue weighted by Crippen LogP contribution is 2.32. The Morgan fingerprint density at radius 1 is 1.45 bits per heavy atom. The summed E-state index contributed by atoms with van der Waals surface area (Å²) in [5.41, 5.74) is 0. The second-order valence-electron chi connectivity index (χ2n) is 4.08. The molecular formula is C13H12Cl2N2O2S. The van der Waals surface area contributed by atoms with Crippen molar-refractivity contribution in [1.29, 1.82) is 0 Å². The number of carbonyl (C=O) groups excluding carboxylic acids is 1. The maximum atomic E-state index is 12.0. The lowest BCUT2D eigenvalue weighted by Gasteiger charge is -2.15. The monoisotopic (exact) mass is 330 g/mol. The van der Waals surface area contributed by atoms with Crippen LogP contribution in [-0.4, -0.2) is 17.0 Å². The molecule has 0 saturated carbocycles. The smallest absolute Gasteiger partial charge is 0.266 e. The van der Waals surface area contributed by atoms with Crippen molar-refractivity contribution in [2.75, 3.05) is 5.32 Å². The van der Waals surface area contributed by atoms with Crippen LogP contribution in [0, 0.1) is 6.92 Å². The van der Waals surface area contributed by atoms with Crippen LogP contribution in [0.25, 0.3) is 0 Å². The van der Waals surface area contributed by atoms with Gasteiger partial charge >= 0.3 is 0 Å². The van der Waals surface area contributed by atoms with Gasteiger partial charge in [-0.25, -0.2) is 4.98 Å². The third kappa shape index (κ3) is 3.62. The quantitative estimate of drug-likeness (QED) is 0.915. The minimum absolute atomic E-state index is 0.291. The van der Waals surface area contributed by atoms with Crippen LogP contribution in [0.5, 0.6) is 5.75 Å². The van der Waals surface area contributed by atoms with Gasteiger partial charge in [0.25, 0.3) is 5.91 Å². The number of anilines is 1. The Labute approximate surface area is 130 Å². The number of ether oxygens (including phenoxy) is 1. The van der Waals surface area contributed by atoms with Gasteiger partial charge in [-0.1, -0.05) is 29.3 Å². The lowest BCUT2D eigenvalue weighted by Crippen LogP contribution is -2.30. The summed E-state index contributed by atoms with van der Waals surface area (Å²) < 4.78 is 5.52. The van der Waals surface area contributed by atoms with Gasteiger partial charge in [0.05, 0.1) is 5.02 Å². The number of nitrogens with one attached hydrogen (secondary N) is 1. The first kappa shape index (κ1) is 15.1. The molecule has 0 aliphatic rings. The molecule has 1 N–H and O–H groups in total. The van der Waals surface area contributed by atoms with Crippen LogP contribution >= 0.6 is 34.5 Å². The van der Waals surface area contributed by atoms with Crippen molar-refractivity contribution < 1.29 is 9.53 Å². The number of benzene rings is 1. The Kier molecular flexibility index (Phi) is 4.86. The van der Waals surface area contributed by atoms with Gasteiger partial charge in [0, 0.05) is 11.1 Å². The van der Waals surface area contributed by atoms with E-state index in [2.05, 4.69) is 10.3 Å². The summed E-state index contributed by atoms with van der Waals surface area (Å²) in [5.74, 6) is 0.0764. The molecule has 0 aliphatic heterocycles. The van der Waals surface area contributed by atoms with Gasteiger partial charge in [-0.05, 0) is 26.0 Å². The fourth-order valence-corrected chi connectivity index (χ4v) is 2.44. The van der Waals surface area contributed by atoms with Crippen LogP contribution in [0.3, 0.4) is 0 Å². The number of hydrogen-bond acceptors (Lipinski definition) is 4. The summed E-state index contributed by atoms with van der Waals surface area (Å²) in [6.45, 7) is 3.55. The van der Waals surface area contributed by atoms with E-state index in [-0.39, 0.29) is 5.91 Å². The molecule has 1 unspecified atom stereocenters. The van der Waals surface area contributed by atoms with Crippen LogP contribution < -0.4 is 10.1 Å². The zero-order valence-electron chi connectivity index (χ0n) is 10.8. The van der Waals surface area contributed by atoms with E-state index < -0.39 is 6.10 Å². The molecule has 0 radical (unpaired) electrons. The fraction of sp³-hybridized carbons (Fsp3) is 0.231. The number of thiazole rings is 1. The van der Waals surface area contributed by atoms with Gasteiger partial charge in [0.1, 0.15) is 10.8 Å². The van der Waals surface area contributed by atoms with E-state index in [0.29, 0.717) is 20.9 Å². The van der Waals surface area contributed by atoms with Crippen molar-refractivity contribution in [3.05, 3.63) is 39.3 Å². The van der Waals surface area contributed by atoms with E-state index in [4.69, 9.17) is 27.9 Å². The number of aryl methyl sites for hydroxylation is 1. The van der Waals surface area contributed by atoms with Crippen molar-refractivity contribution in [2.24, 2.45) is 0 Å². The third-order valence-corrected chi connectivity index (χ3v) is 4.07. The van der Waals surface area contributed by atoms with Gasteiger partial charge < -0.3 is 4.74 Å². The number of hydrogen-bond donors (Lipinski definition) is 1. The maximum absolute atomic E-state index is 12.0. The van der Waals surface area contributed by atoms with Gasteiger partial charge in [0.2, 0.25) is 0 Å². The molecule has 2 rings (SSSR count). The average molecular weight is 331 g/mol. The van der Waals surface area contributed by atoms with Gasteiger partial charge in [0.15, 0.2) is 11.2 Å². The summed E-state index contributed by atoms with van der Waals surface area (Å²) in [5, 5.41) is 3.90. The van der Waals surface area contributed by atoms with E-state index in [0.717, 1.165) is 4.88 Å². The first-order valence-electron chi connectivity index (χ1n) is 5.81. The average Bonchev–Trinajstić information content (AvgIpc) is 2.80. The van der Waals surface area contributed by atoms with Crippen molar-refractivity contribution in [1.82, 2.24) is 4.98 Å². The summed E-state index contributed by atoms with van der Waals surface area (Å²) in [6.07, 6.45) is 0.981. The second-order valence-corrected chi connectivity index (χ2v) is 6.10. The minimum atomic E-state index is -0.713. The number of carbonyl (C=O) groups is 1. The molecule has 0 bridgehead atoms. The zero-order chi connectivity index (χ0) is 14.7. The molecule has 1 heterocycles. The molecule has 1 amide bonds. The molecular weight excluding hydrogens is 319 g/mol. The molecule has 106 valence electrons. The Balaban J connectivity index is 2.02. The molecule has 7 heteroatoms. The Bertz CT molecular complexity index is 631. The first-order valence-corrected chi connectivity index (χ1v) is 7.38. The predicted molar refractivity (Wildman–Crippen MR) is 82.0 cm³/mol. The third-order valence-electron chi connectivity index (χ3n) is 2.44. The van der Waals surface area contributed by atoms with Crippen molar-refractivity contribution in [2.45, 2.75) is 20.0 Å². The largest absolute Gasteiger partial charge is 0.479 e. The number of rotatable bonds is 4. The second kappa shape index (κ2) is 6.43. The lowest BCUT2D eigenvalue weighted by molar-refractivity contribution is -0.122. The van der Waals surface area contributed by atoms with Gasteiger partial charge in [-0.15, -0.1) is 11.3 Å². The molecule has 0 spiro atoms. The lowest BCUT2D eigenvalue weighted by atomic mass is 10.3. The van der Waals surface area contributed by atoms with Crippen molar-refractivity contribution >= 4 is 45.6 Å². The Morgan fingerprint density at radius 2 is 2.20 bits per heavy atom. The SMILES string of the molecule is Cc1cnc(NC(=O)C(C)Oc2cccc(Cl)c2Cl)s1. The molecule has 0 aliphatic carbocycles. The summed E-state index contributed by atoms with van der Waals surface area (Å²) in [6, 6.07) is 5.02. The first-order chi connectivity index (χ1) is 9.47. The summed E-state index contributed by atoms with van der Waals surface area (Å²) in [4.78, 5) is 17.1. The number of aromatic nitrogens is 1. The number of amides is 1. The summed E-state index contributed by atoms with van der Waals surface area (Å²) in [7, 11) is 0. The van der Waals surface area contributed by atoms with E-state index in [1.54, 1.807) is 31.3 Å². The molecule has 0 fully saturated rings. The predicted octanol–water partition coefficient (Wildman–Crippen LogP) is 4.16. The van der Waals surface area contributed by atoms with Gasteiger partial charge in [-0.2, -0.15) is 0 Å². The standard InChI is InChI=1S/C13H12Cl2N2O2S/c1-7-6-16-13(20-7)17-12(18)8(2)19-10-5-3-4-9(14)11(10)15/h3-6,8H,1-2H3,(H,16,17,18). The van der Waals surface area contributed by atoms with Crippen LogP contribution in [0.2, 0.25) is 10.0 Å². The van der Waals surface area contributed by atoms with Crippen LogP contribution in [0.1, 0.15) is 11.8 Å². The Morgan fingerprint density at radius 3 is 2.85 bits per heavy atom. The van der Waals surface area contributed by atoms with Crippen LogP contribution in [0.4, 0.5) is 5.13 Å². The molecule has 1 atom stereocenters. The van der Waals surface area contributed by atoms with E-state index in [9.17, 15) is 4.79 Å². The van der Waals surface area contributed by atoms with Crippen LogP contribution in [-0.2, 0) is 4.79 Å². The number of nitrogens with zero attached hydrogens (tertiary/aromatic N) is 1. The fourth-order valence-electron chi connectivity index (χ4n) is 1.44. The molecule has 20 heavy (non-hydrogen) atoms. The highest BCUT2D eigenvalue weighted by molar-refractivity contribution is 7.15. The minimum Gasteiger partial charge on any atom is -0.479 e. The van der Waals surface area contributed by atoms with E-state index in [1.807, 2.05) is 6.92 Å². The number of halogens is 2. The highest BCUT2D eigenvalue weighted by atomic mass is 35.5. The van der Waals surface area contributed by atoms with Crippen molar-refractivity contribution in [3.8, 4) is 5.75 Å². The Hall–Kier alpha value is -1.30. The highest BCUT2D eigenvalue weighted by Gasteiger charge is 2.18. The van der Waals surface area contributed by atoms with E-state index in [1.165, 1.54) is 11.3 Å². The van der Waals surface area contributed by atoms with Gasteiger partial charge in [-0.3, -0.25) is 10.1 Å².